The number of benzene rings is 2. The van der Waals surface area contributed by atoms with Gasteiger partial charge in [-0.15, -0.1) is 0 Å². The first-order valence-electron chi connectivity index (χ1n) is 10.1. The first-order chi connectivity index (χ1) is 14.1. The van der Waals surface area contributed by atoms with E-state index >= 15 is 0 Å². The van der Waals surface area contributed by atoms with Crippen molar-refractivity contribution in [3.63, 3.8) is 0 Å². The number of rotatable bonds is 8. The zero-order valence-corrected chi connectivity index (χ0v) is 17.5. The highest BCUT2D eigenvalue weighted by molar-refractivity contribution is 5.79. The smallest absolute Gasteiger partial charge is 0.191 e. The lowest BCUT2D eigenvalue weighted by molar-refractivity contribution is 0.0485. The predicted molar refractivity (Wildman–Crippen MR) is 116 cm³/mol. The van der Waals surface area contributed by atoms with Crippen LogP contribution < -0.4 is 20.1 Å². The fourth-order valence-electron chi connectivity index (χ4n) is 3.75. The quantitative estimate of drug-likeness (QED) is 0.472. The lowest BCUT2D eigenvalue weighted by atomic mass is 9.96. The van der Waals surface area contributed by atoms with Crippen LogP contribution in [0, 0.1) is 0 Å². The molecule has 6 heteroatoms. The zero-order valence-electron chi connectivity index (χ0n) is 17.5. The Morgan fingerprint density at radius 2 is 1.90 bits per heavy atom. The van der Waals surface area contributed by atoms with Gasteiger partial charge >= 0.3 is 0 Å². The van der Waals surface area contributed by atoms with Crippen molar-refractivity contribution in [2.45, 2.75) is 31.8 Å². The molecule has 0 fully saturated rings. The van der Waals surface area contributed by atoms with Gasteiger partial charge in [-0.3, -0.25) is 0 Å². The van der Waals surface area contributed by atoms with Crippen molar-refractivity contribution in [3.8, 4) is 11.5 Å². The van der Waals surface area contributed by atoms with Crippen LogP contribution in [0.3, 0.4) is 0 Å². The Hall–Kier alpha value is -2.73. The van der Waals surface area contributed by atoms with E-state index < -0.39 is 5.60 Å². The molecular formula is C23H31N3O3. The van der Waals surface area contributed by atoms with Gasteiger partial charge in [-0.2, -0.15) is 0 Å². The minimum absolute atomic E-state index is 0.343. The Bertz CT molecular complexity index is 853. The summed E-state index contributed by atoms with van der Waals surface area (Å²) in [6, 6.07) is 14.0. The van der Waals surface area contributed by atoms with Gasteiger partial charge in [0, 0.05) is 13.1 Å². The van der Waals surface area contributed by atoms with Crippen LogP contribution in [-0.4, -0.2) is 44.9 Å². The SMILES string of the molecule is CCNC(=NCC1(O)CCc2ccccc21)NCCc1ccc(OC)c(OC)c1. The van der Waals surface area contributed by atoms with E-state index in [9.17, 15) is 5.11 Å². The molecule has 156 valence electrons. The minimum atomic E-state index is -0.887. The third kappa shape index (κ3) is 5.01. The lowest BCUT2D eigenvalue weighted by Crippen LogP contribution is -2.39. The Labute approximate surface area is 173 Å². The Morgan fingerprint density at radius 3 is 2.66 bits per heavy atom. The summed E-state index contributed by atoms with van der Waals surface area (Å²) in [5.74, 6) is 2.17. The van der Waals surface area contributed by atoms with Crippen LogP contribution in [0.4, 0.5) is 0 Å². The summed E-state index contributed by atoms with van der Waals surface area (Å²) in [4.78, 5) is 4.66. The number of methoxy groups -OCH3 is 2. The van der Waals surface area contributed by atoms with E-state index in [1.54, 1.807) is 14.2 Å². The number of hydrogen-bond acceptors (Lipinski definition) is 4. The van der Waals surface area contributed by atoms with Crippen LogP contribution in [0.2, 0.25) is 0 Å². The van der Waals surface area contributed by atoms with Gasteiger partial charge in [0.1, 0.15) is 5.60 Å². The second-order valence-electron chi connectivity index (χ2n) is 7.25. The number of fused-ring (bicyclic) bond motifs is 1. The number of aliphatic hydroxyl groups is 1. The molecule has 0 aliphatic heterocycles. The molecule has 0 bridgehead atoms. The minimum Gasteiger partial charge on any atom is -0.493 e. The average Bonchev–Trinajstić information content (AvgIpc) is 3.09. The molecule has 0 radical (unpaired) electrons. The molecule has 3 rings (SSSR count). The van der Waals surface area contributed by atoms with Gasteiger partial charge < -0.3 is 25.2 Å². The van der Waals surface area contributed by atoms with Crippen molar-refractivity contribution >= 4 is 5.96 Å². The summed E-state index contributed by atoms with van der Waals surface area (Å²) in [5, 5.41) is 17.7. The maximum atomic E-state index is 11.1. The molecular weight excluding hydrogens is 366 g/mol. The molecule has 1 aliphatic carbocycles. The van der Waals surface area contributed by atoms with Gasteiger partial charge in [-0.05, 0) is 55.0 Å². The van der Waals surface area contributed by atoms with E-state index in [0.717, 1.165) is 48.6 Å². The molecule has 0 aromatic heterocycles. The normalized spacial score (nSPS) is 18.3. The fraction of sp³-hybridized carbons (Fsp3) is 0.435. The topological polar surface area (TPSA) is 75.1 Å². The fourth-order valence-corrected chi connectivity index (χ4v) is 3.75. The molecule has 2 aromatic carbocycles. The third-order valence-electron chi connectivity index (χ3n) is 5.32. The third-order valence-corrected chi connectivity index (χ3v) is 5.32. The molecule has 6 nitrogen and oxygen atoms in total. The van der Waals surface area contributed by atoms with Crippen molar-refractivity contribution in [2.24, 2.45) is 4.99 Å². The molecule has 0 saturated heterocycles. The van der Waals surface area contributed by atoms with Crippen molar-refractivity contribution in [2.75, 3.05) is 33.9 Å². The number of guanidine groups is 1. The van der Waals surface area contributed by atoms with Crippen molar-refractivity contribution in [1.29, 1.82) is 0 Å². The van der Waals surface area contributed by atoms with Gasteiger partial charge in [-0.1, -0.05) is 30.3 Å². The number of ether oxygens (including phenoxy) is 2. The van der Waals surface area contributed by atoms with E-state index in [1.807, 2.05) is 43.3 Å². The van der Waals surface area contributed by atoms with E-state index in [-0.39, 0.29) is 0 Å². The number of aryl methyl sites for hydroxylation is 1. The van der Waals surface area contributed by atoms with Crippen molar-refractivity contribution in [3.05, 3.63) is 59.2 Å². The van der Waals surface area contributed by atoms with Gasteiger partial charge in [-0.25, -0.2) is 4.99 Å². The molecule has 0 amide bonds. The average molecular weight is 398 g/mol. The maximum absolute atomic E-state index is 11.1. The van der Waals surface area contributed by atoms with Gasteiger partial charge in [0.25, 0.3) is 0 Å². The molecule has 0 spiro atoms. The van der Waals surface area contributed by atoms with Crippen LogP contribution in [0.15, 0.2) is 47.5 Å². The van der Waals surface area contributed by atoms with Crippen LogP contribution in [-0.2, 0) is 18.4 Å². The van der Waals surface area contributed by atoms with Crippen molar-refractivity contribution < 1.29 is 14.6 Å². The Kier molecular flexibility index (Phi) is 6.99. The van der Waals surface area contributed by atoms with Crippen LogP contribution in [0.5, 0.6) is 11.5 Å². The highest BCUT2D eigenvalue weighted by Gasteiger charge is 2.36. The molecule has 0 saturated carbocycles. The Balaban J connectivity index is 1.60. The summed E-state index contributed by atoms with van der Waals surface area (Å²) in [6.07, 6.45) is 2.42. The summed E-state index contributed by atoms with van der Waals surface area (Å²) < 4.78 is 10.7. The second-order valence-corrected chi connectivity index (χ2v) is 7.25. The molecule has 1 atom stereocenters. The van der Waals surface area contributed by atoms with E-state index in [0.29, 0.717) is 18.9 Å². The molecule has 2 aromatic rings. The molecule has 1 unspecified atom stereocenters. The summed E-state index contributed by atoms with van der Waals surface area (Å²) in [6.45, 7) is 3.86. The number of aliphatic imine (C=N–C) groups is 1. The summed E-state index contributed by atoms with van der Waals surface area (Å²) in [5.41, 5.74) is 2.48. The predicted octanol–water partition coefficient (Wildman–Crippen LogP) is 2.64. The van der Waals surface area contributed by atoms with Gasteiger partial charge in [0.15, 0.2) is 17.5 Å². The van der Waals surface area contributed by atoms with Crippen LogP contribution in [0.1, 0.15) is 30.0 Å². The van der Waals surface area contributed by atoms with E-state index in [4.69, 9.17) is 9.47 Å². The highest BCUT2D eigenvalue weighted by Crippen LogP contribution is 2.36. The number of nitrogens with zero attached hydrogens (tertiary/aromatic N) is 1. The zero-order chi connectivity index (χ0) is 20.7. The van der Waals surface area contributed by atoms with Crippen LogP contribution in [0.25, 0.3) is 0 Å². The van der Waals surface area contributed by atoms with Crippen LogP contribution >= 0.6 is 0 Å². The summed E-state index contributed by atoms with van der Waals surface area (Å²) in [7, 11) is 3.27. The summed E-state index contributed by atoms with van der Waals surface area (Å²) >= 11 is 0. The first-order valence-corrected chi connectivity index (χ1v) is 10.1. The Morgan fingerprint density at radius 1 is 1.10 bits per heavy atom. The molecule has 0 heterocycles. The van der Waals surface area contributed by atoms with Gasteiger partial charge in [0.05, 0.1) is 20.8 Å². The lowest BCUT2D eigenvalue weighted by Gasteiger charge is -2.22. The van der Waals surface area contributed by atoms with Crippen molar-refractivity contribution in [1.82, 2.24) is 10.6 Å². The van der Waals surface area contributed by atoms with E-state index in [2.05, 4.69) is 21.7 Å². The largest absolute Gasteiger partial charge is 0.493 e. The highest BCUT2D eigenvalue weighted by atomic mass is 16.5. The monoisotopic (exact) mass is 397 g/mol. The number of hydrogen-bond donors (Lipinski definition) is 3. The number of nitrogens with one attached hydrogen (secondary N) is 2. The maximum Gasteiger partial charge on any atom is 0.191 e. The van der Waals surface area contributed by atoms with Gasteiger partial charge in [0.2, 0.25) is 0 Å². The molecule has 29 heavy (non-hydrogen) atoms. The molecule has 3 N–H and O–H groups in total. The second kappa shape index (κ2) is 9.65. The first kappa shape index (κ1) is 21.0. The standard InChI is InChI=1S/C23H31N3O3/c1-4-24-22(25-14-12-17-9-10-20(28-2)21(15-17)29-3)26-16-23(27)13-11-18-7-5-6-8-19(18)23/h5-10,15,27H,4,11-14,16H2,1-3H3,(H2,24,25,26). The van der Waals surface area contributed by atoms with E-state index in [1.165, 1.54) is 5.56 Å². The molecule has 1 aliphatic rings.